The van der Waals surface area contributed by atoms with Gasteiger partial charge in [0.2, 0.25) is 5.91 Å². The Morgan fingerprint density at radius 2 is 2.00 bits per heavy atom. The molecule has 1 aromatic carbocycles. The van der Waals surface area contributed by atoms with E-state index in [2.05, 4.69) is 10.3 Å². The SMILES string of the molecule is CC(C)Oc1ccc(CN(C(=O)c2ccccn2)[C@H]2CCCCNC2=O)cc1. The first-order valence-corrected chi connectivity index (χ1v) is 9.80. The number of carbonyl (C=O) groups is 2. The summed E-state index contributed by atoms with van der Waals surface area (Å²) in [5.74, 6) is 0.459. The first-order chi connectivity index (χ1) is 13.5. The Balaban J connectivity index is 1.85. The average molecular weight is 381 g/mol. The predicted molar refractivity (Wildman–Crippen MR) is 107 cm³/mol. The lowest BCUT2D eigenvalue weighted by Gasteiger charge is -2.30. The molecule has 0 saturated carbocycles. The van der Waals surface area contributed by atoms with Crippen molar-refractivity contribution in [1.82, 2.24) is 15.2 Å². The quantitative estimate of drug-likeness (QED) is 0.834. The van der Waals surface area contributed by atoms with Crippen LogP contribution in [-0.2, 0) is 11.3 Å². The van der Waals surface area contributed by atoms with E-state index in [0.717, 1.165) is 24.2 Å². The van der Waals surface area contributed by atoms with Crippen LogP contribution in [0.2, 0.25) is 0 Å². The fraction of sp³-hybridized carbons (Fsp3) is 0.409. The molecule has 0 spiro atoms. The maximum Gasteiger partial charge on any atom is 0.273 e. The van der Waals surface area contributed by atoms with Crippen molar-refractivity contribution < 1.29 is 14.3 Å². The van der Waals surface area contributed by atoms with E-state index in [9.17, 15) is 9.59 Å². The van der Waals surface area contributed by atoms with Crippen LogP contribution in [0.5, 0.6) is 5.75 Å². The number of rotatable bonds is 6. The van der Waals surface area contributed by atoms with Crippen molar-refractivity contribution >= 4 is 11.8 Å². The van der Waals surface area contributed by atoms with Crippen LogP contribution in [0.1, 0.15) is 49.2 Å². The lowest BCUT2D eigenvalue weighted by atomic mass is 10.1. The van der Waals surface area contributed by atoms with Crippen LogP contribution < -0.4 is 10.1 Å². The fourth-order valence-corrected chi connectivity index (χ4v) is 3.32. The van der Waals surface area contributed by atoms with Crippen molar-refractivity contribution in [3.63, 3.8) is 0 Å². The minimum Gasteiger partial charge on any atom is -0.491 e. The molecule has 0 bridgehead atoms. The van der Waals surface area contributed by atoms with Gasteiger partial charge in [-0.1, -0.05) is 18.2 Å². The molecule has 1 atom stereocenters. The molecule has 3 rings (SSSR count). The molecule has 2 aromatic rings. The van der Waals surface area contributed by atoms with E-state index in [1.54, 1.807) is 29.3 Å². The number of hydrogen-bond acceptors (Lipinski definition) is 4. The van der Waals surface area contributed by atoms with Crippen molar-refractivity contribution in [2.45, 2.75) is 51.8 Å². The Kier molecular flexibility index (Phi) is 6.63. The second kappa shape index (κ2) is 9.35. The lowest BCUT2D eigenvalue weighted by molar-refractivity contribution is -0.125. The van der Waals surface area contributed by atoms with Gasteiger partial charge in [0.15, 0.2) is 0 Å². The summed E-state index contributed by atoms with van der Waals surface area (Å²) in [5, 5.41) is 2.92. The molecule has 148 valence electrons. The van der Waals surface area contributed by atoms with Crippen molar-refractivity contribution in [2.24, 2.45) is 0 Å². The number of nitrogens with one attached hydrogen (secondary N) is 1. The van der Waals surface area contributed by atoms with E-state index in [-0.39, 0.29) is 17.9 Å². The zero-order chi connectivity index (χ0) is 19.9. The third-order valence-electron chi connectivity index (χ3n) is 4.68. The molecule has 2 heterocycles. The van der Waals surface area contributed by atoms with Crippen LogP contribution in [-0.4, -0.2) is 40.4 Å². The highest BCUT2D eigenvalue weighted by Crippen LogP contribution is 2.20. The summed E-state index contributed by atoms with van der Waals surface area (Å²) >= 11 is 0. The highest BCUT2D eigenvalue weighted by atomic mass is 16.5. The van der Waals surface area contributed by atoms with Crippen LogP contribution in [0.3, 0.4) is 0 Å². The Morgan fingerprint density at radius 1 is 1.21 bits per heavy atom. The average Bonchev–Trinajstić information content (AvgIpc) is 2.91. The van der Waals surface area contributed by atoms with Gasteiger partial charge in [0, 0.05) is 19.3 Å². The van der Waals surface area contributed by atoms with Gasteiger partial charge in [-0.2, -0.15) is 0 Å². The van der Waals surface area contributed by atoms with Crippen LogP contribution in [0.25, 0.3) is 0 Å². The number of amides is 2. The molecular weight excluding hydrogens is 354 g/mol. The van der Waals surface area contributed by atoms with E-state index in [4.69, 9.17) is 4.74 Å². The molecule has 1 aliphatic rings. The van der Waals surface area contributed by atoms with Crippen molar-refractivity contribution in [3.05, 3.63) is 59.9 Å². The molecule has 1 N–H and O–H groups in total. The molecule has 2 amide bonds. The van der Waals surface area contributed by atoms with Gasteiger partial charge in [-0.3, -0.25) is 14.6 Å². The Labute approximate surface area is 165 Å². The lowest BCUT2D eigenvalue weighted by Crippen LogP contribution is -2.48. The largest absolute Gasteiger partial charge is 0.491 e. The predicted octanol–water partition coefficient (Wildman–Crippen LogP) is 3.18. The molecule has 1 saturated heterocycles. The molecule has 6 heteroatoms. The van der Waals surface area contributed by atoms with Gasteiger partial charge in [0.1, 0.15) is 17.5 Å². The summed E-state index contributed by atoms with van der Waals surface area (Å²) in [6.45, 7) is 4.95. The molecule has 1 fully saturated rings. The second-order valence-corrected chi connectivity index (χ2v) is 7.26. The minimum atomic E-state index is -0.497. The Hall–Kier alpha value is -2.89. The molecule has 0 unspecified atom stereocenters. The number of ether oxygens (including phenoxy) is 1. The van der Waals surface area contributed by atoms with Crippen LogP contribution in [0.15, 0.2) is 48.7 Å². The highest BCUT2D eigenvalue weighted by molar-refractivity contribution is 5.96. The molecular formula is C22H27N3O3. The van der Waals surface area contributed by atoms with Crippen molar-refractivity contribution in [2.75, 3.05) is 6.54 Å². The third kappa shape index (κ3) is 5.09. The Morgan fingerprint density at radius 3 is 2.68 bits per heavy atom. The molecule has 6 nitrogen and oxygen atoms in total. The van der Waals surface area contributed by atoms with E-state index in [1.807, 2.05) is 38.1 Å². The number of pyridine rings is 1. The second-order valence-electron chi connectivity index (χ2n) is 7.26. The molecule has 0 aliphatic carbocycles. The van der Waals surface area contributed by atoms with Gasteiger partial charge >= 0.3 is 0 Å². The number of hydrogen-bond donors (Lipinski definition) is 1. The fourth-order valence-electron chi connectivity index (χ4n) is 3.32. The van der Waals surface area contributed by atoms with Crippen LogP contribution in [0.4, 0.5) is 0 Å². The summed E-state index contributed by atoms with van der Waals surface area (Å²) < 4.78 is 5.69. The maximum atomic E-state index is 13.2. The van der Waals surface area contributed by atoms with E-state index >= 15 is 0 Å². The maximum absolute atomic E-state index is 13.2. The third-order valence-corrected chi connectivity index (χ3v) is 4.68. The molecule has 28 heavy (non-hydrogen) atoms. The summed E-state index contributed by atoms with van der Waals surface area (Å²) in [4.78, 5) is 31.6. The minimum absolute atomic E-state index is 0.0958. The van der Waals surface area contributed by atoms with Gasteiger partial charge in [-0.15, -0.1) is 0 Å². The topological polar surface area (TPSA) is 71.5 Å². The van der Waals surface area contributed by atoms with Crippen LogP contribution >= 0.6 is 0 Å². The van der Waals surface area contributed by atoms with Gasteiger partial charge in [0.05, 0.1) is 6.10 Å². The number of nitrogens with zero attached hydrogens (tertiary/aromatic N) is 2. The number of benzene rings is 1. The normalized spacial score (nSPS) is 17.0. The van der Waals surface area contributed by atoms with Gasteiger partial charge in [0.25, 0.3) is 5.91 Å². The summed E-state index contributed by atoms with van der Waals surface area (Å²) in [6, 6.07) is 12.4. The monoisotopic (exact) mass is 381 g/mol. The van der Waals surface area contributed by atoms with Crippen LogP contribution in [0, 0.1) is 0 Å². The molecule has 1 aliphatic heterocycles. The summed E-state index contributed by atoms with van der Waals surface area (Å²) in [5.41, 5.74) is 1.29. The summed E-state index contributed by atoms with van der Waals surface area (Å²) in [6.07, 6.45) is 4.17. The zero-order valence-electron chi connectivity index (χ0n) is 16.4. The first-order valence-electron chi connectivity index (χ1n) is 9.80. The smallest absolute Gasteiger partial charge is 0.273 e. The van der Waals surface area contributed by atoms with E-state index < -0.39 is 6.04 Å². The number of carbonyl (C=O) groups excluding carboxylic acids is 2. The van der Waals surface area contributed by atoms with Gasteiger partial charge in [-0.25, -0.2) is 0 Å². The standard InChI is InChI=1S/C22H27N3O3/c1-16(2)28-18-11-9-17(10-12-18)15-25(20-8-4-6-14-24-21(20)26)22(27)19-7-3-5-13-23-19/h3,5,7,9-13,16,20H,4,6,8,14-15H2,1-2H3,(H,24,26)/t20-/m0/s1. The van der Waals surface area contributed by atoms with Gasteiger partial charge in [-0.05, 0) is 62.9 Å². The van der Waals surface area contributed by atoms with Gasteiger partial charge < -0.3 is 15.0 Å². The molecule has 1 aromatic heterocycles. The number of aromatic nitrogens is 1. The van der Waals surface area contributed by atoms with Crippen molar-refractivity contribution in [3.8, 4) is 5.75 Å². The molecule has 0 radical (unpaired) electrons. The summed E-state index contributed by atoms with van der Waals surface area (Å²) in [7, 11) is 0. The van der Waals surface area contributed by atoms with E-state index in [1.165, 1.54) is 0 Å². The first kappa shape index (κ1) is 19.9. The Bertz CT molecular complexity index is 790. The van der Waals surface area contributed by atoms with E-state index in [0.29, 0.717) is 25.2 Å². The highest BCUT2D eigenvalue weighted by Gasteiger charge is 2.31. The van der Waals surface area contributed by atoms with Crippen molar-refractivity contribution in [1.29, 1.82) is 0 Å². The zero-order valence-corrected chi connectivity index (χ0v) is 16.4.